The molecule has 0 aliphatic carbocycles. The minimum absolute atomic E-state index is 0.154. The number of aromatic nitrogens is 6. The summed E-state index contributed by atoms with van der Waals surface area (Å²) in [5.41, 5.74) is 20.2. The van der Waals surface area contributed by atoms with Crippen molar-refractivity contribution < 1.29 is 9.59 Å². The summed E-state index contributed by atoms with van der Waals surface area (Å²) in [5.74, 6) is 0.523. The summed E-state index contributed by atoms with van der Waals surface area (Å²) in [5, 5.41) is 7.49. The standard InChI is InChI=1S/C23H20BrN5O.C23H21N5O.BHNS/c1-2-3-12-29-20(24)18(19-21(25)26-14-27-22(19)29)16-10-7-11-17(13-16)28-23(30)15-8-5-4-6-9-15;1-2-3-12-28-14-19(20-21(24)25-15-26-22(20)28)17-10-7-11-18(13-17)27-23(29)16-8-5-4-6-9-16;1-2-3/h2,4-11,13-14H,1,3,12H2,(H,28,30)(H2,25,26,27);2,4-11,13-15H,1,3,12H2,(H,27,29)(H2,24,25,26);3H. The van der Waals surface area contributed by atoms with E-state index < -0.39 is 0 Å². The Balaban J connectivity index is 0.000000195. The van der Waals surface area contributed by atoms with Gasteiger partial charge in [0.05, 0.1) is 15.4 Å². The quantitative estimate of drug-likeness (QED) is 0.0456. The zero-order chi connectivity index (χ0) is 44.0. The van der Waals surface area contributed by atoms with Gasteiger partial charge in [0.25, 0.3) is 11.8 Å². The van der Waals surface area contributed by atoms with E-state index in [0.717, 1.165) is 68.3 Å². The first kappa shape index (κ1) is 44.4. The number of nitrogens with zero attached hydrogens (tertiary/aromatic N) is 7. The van der Waals surface area contributed by atoms with Crippen LogP contribution in [0.3, 0.4) is 0 Å². The number of rotatable bonds is 12. The molecule has 6 N–H and O–H groups in total. The first-order chi connectivity index (χ1) is 30.2. The topological polar surface area (TPSA) is 184 Å². The number of allylic oxidation sites excluding steroid dienone is 2. The molecule has 0 unspecified atom stereocenters. The van der Waals surface area contributed by atoms with Crippen molar-refractivity contribution in [2.45, 2.75) is 25.9 Å². The molecule has 0 aliphatic rings. The molecular formula is C46H42BBrN11O2S. The predicted octanol–water partition coefficient (Wildman–Crippen LogP) is 9.96. The Morgan fingerprint density at radius 1 is 0.710 bits per heavy atom. The number of hydrogen-bond donors (Lipinski definition) is 5. The maximum absolute atomic E-state index is 12.5. The summed E-state index contributed by atoms with van der Waals surface area (Å²) in [6, 6.07) is 33.6. The van der Waals surface area contributed by atoms with Crippen LogP contribution in [0.15, 0.2) is 162 Å². The number of nitrogens with one attached hydrogen (secondary N) is 2. The predicted molar refractivity (Wildman–Crippen MR) is 258 cm³/mol. The van der Waals surface area contributed by atoms with Crippen molar-refractivity contribution in [1.29, 1.82) is 0 Å². The molecule has 0 saturated heterocycles. The Morgan fingerprint density at radius 3 is 1.77 bits per heavy atom. The average molecular weight is 904 g/mol. The molecule has 4 aromatic heterocycles. The number of fused-ring (bicyclic) bond motifs is 2. The van der Waals surface area contributed by atoms with Gasteiger partial charge >= 0.3 is 24.8 Å². The zero-order valence-electron chi connectivity index (χ0n) is 33.5. The molecule has 16 heteroatoms. The van der Waals surface area contributed by atoms with Gasteiger partial charge in [0.1, 0.15) is 35.6 Å². The fourth-order valence-electron chi connectivity index (χ4n) is 6.72. The van der Waals surface area contributed by atoms with E-state index in [-0.39, 0.29) is 11.8 Å². The van der Waals surface area contributed by atoms with Crippen molar-refractivity contribution in [1.82, 2.24) is 29.1 Å². The second-order valence-corrected chi connectivity index (χ2v) is 14.5. The van der Waals surface area contributed by atoms with Crippen molar-refractivity contribution in [3.63, 3.8) is 0 Å². The van der Waals surface area contributed by atoms with Crippen LogP contribution in [-0.4, -0.2) is 48.5 Å². The number of aryl methyl sites for hydroxylation is 2. The minimum atomic E-state index is -0.164. The van der Waals surface area contributed by atoms with Crippen LogP contribution < -0.4 is 22.1 Å². The molecule has 8 aromatic rings. The molecule has 0 aliphatic heterocycles. The van der Waals surface area contributed by atoms with Crippen molar-refractivity contribution >= 4 is 93.3 Å². The van der Waals surface area contributed by atoms with Crippen LogP contribution >= 0.6 is 28.7 Å². The number of halogens is 1. The normalized spacial score (nSPS) is 10.5. The van der Waals surface area contributed by atoms with Crippen molar-refractivity contribution in [2.24, 2.45) is 4.30 Å². The van der Waals surface area contributed by atoms with Crippen molar-refractivity contribution in [2.75, 3.05) is 22.1 Å². The van der Waals surface area contributed by atoms with E-state index in [1.807, 2.05) is 103 Å². The molecule has 13 nitrogen and oxygen atoms in total. The number of carbonyl (C=O) groups is 2. The van der Waals surface area contributed by atoms with Crippen LogP contribution in [0.4, 0.5) is 23.0 Å². The Kier molecular flexibility index (Phi) is 15.3. The number of anilines is 4. The van der Waals surface area contributed by atoms with E-state index in [1.54, 1.807) is 24.3 Å². The molecule has 8 rings (SSSR count). The zero-order valence-corrected chi connectivity index (χ0v) is 36.0. The number of carbonyl (C=O) groups excluding carboxylic acids is 2. The summed E-state index contributed by atoms with van der Waals surface area (Å²) in [6.07, 6.45) is 10.3. The summed E-state index contributed by atoms with van der Waals surface area (Å²) in [4.78, 5) is 42.2. The molecule has 2 amide bonds. The summed E-state index contributed by atoms with van der Waals surface area (Å²) in [7, 11) is 4.34. The second kappa shape index (κ2) is 21.4. The van der Waals surface area contributed by atoms with Gasteiger partial charge in [0, 0.05) is 52.9 Å². The van der Waals surface area contributed by atoms with Crippen LogP contribution in [-0.2, 0) is 13.1 Å². The van der Waals surface area contributed by atoms with E-state index in [1.165, 1.54) is 12.7 Å². The fraction of sp³-hybridized carbons (Fsp3) is 0.0870. The Labute approximate surface area is 373 Å². The molecule has 0 fully saturated rings. The third kappa shape index (κ3) is 10.4. The molecule has 0 bridgehead atoms. The fourth-order valence-corrected chi connectivity index (χ4v) is 7.49. The van der Waals surface area contributed by atoms with Gasteiger partial charge in [-0.15, -0.1) is 13.2 Å². The monoisotopic (exact) mass is 902 g/mol. The van der Waals surface area contributed by atoms with E-state index >= 15 is 0 Å². The molecule has 309 valence electrons. The molecule has 0 saturated carbocycles. The van der Waals surface area contributed by atoms with E-state index in [0.29, 0.717) is 40.7 Å². The van der Waals surface area contributed by atoms with Gasteiger partial charge in [-0.2, -0.15) is 0 Å². The number of amides is 2. The van der Waals surface area contributed by atoms with E-state index in [4.69, 9.17) is 11.5 Å². The number of benzene rings is 4. The average Bonchev–Trinajstić information content (AvgIpc) is 3.81. The number of nitrogen functional groups attached to an aromatic ring is 2. The second-order valence-electron chi connectivity index (χ2n) is 13.5. The molecule has 0 spiro atoms. The van der Waals surface area contributed by atoms with Gasteiger partial charge in [0.15, 0.2) is 0 Å². The number of thiol groups is 1. The Morgan fingerprint density at radius 2 is 1.21 bits per heavy atom. The number of nitrogens with two attached hydrogens (primary N) is 2. The SMILES string of the molecule is C=CCCn1c(Br)c(-c2cccc(NC(=O)c3ccccc3)c2)c2c(N)ncnc21.C=CCCn1cc(-c2cccc(NC(=O)c3ccccc3)c2)c2c(N)ncnc21.[B]=NS. The number of hydrogen-bond acceptors (Lipinski definition) is 10. The van der Waals surface area contributed by atoms with Gasteiger partial charge < -0.3 is 31.2 Å². The summed E-state index contributed by atoms with van der Waals surface area (Å²) >= 11 is 6.92. The van der Waals surface area contributed by atoms with Gasteiger partial charge in [0.2, 0.25) is 0 Å². The molecular weight excluding hydrogens is 861 g/mol. The third-order valence-corrected chi connectivity index (χ3v) is 10.4. The van der Waals surface area contributed by atoms with Crippen LogP contribution in [0.5, 0.6) is 0 Å². The van der Waals surface area contributed by atoms with Gasteiger partial charge in [-0.3, -0.25) is 9.59 Å². The molecule has 62 heavy (non-hydrogen) atoms. The Bertz CT molecular complexity index is 2870. The first-order valence-corrected chi connectivity index (χ1v) is 20.5. The van der Waals surface area contributed by atoms with Crippen LogP contribution in [0.25, 0.3) is 44.3 Å². The van der Waals surface area contributed by atoms with E-state index in [2.05, 4.69) is 93.5 Å². The molecule has 4 aromatic carbocycles. The van der Waals surface area contributed by atoms with Crippen molar-refractivity contribution in [3.8, 4) is 22.3 Å². The van der Waals surface area contributed by atoms with Gasteiger partial charge in [-0.25, -0.2) is 19.9 Å². The maximum atomic E-state index is 12.5. The van der Waals surface area contributed by atoms with Gasteiger partial charge in [-0.05, 0) is 88.4 Å². The van der Waals surface area contributed by atoms with Crippen LogP contribution in [0.1, 0.15) is 33.6 Å². The summed E-state index contributed by atoms with van der Waals surface area (Å²) in [6.45, 7) is 9.06. The third-order valence-electron chi connectivity index (χ3n) is 9.53. The first-order valence-electron chi connectivity index (χ1n) is 19.3. The van der Waals surface area contributed by atoms with E-state index in [9.17, 15) is 9.59 Å². The van der Waals surface area contributed by atoms with Crippen LogP contribution in [0, 0.1) is 0 Å². The van der Waals surface area contributed by atoms with Crippen LogP contribution in [0.2, 0.25) is 0 Å². The molecule has 0 atom stereocenters. The summed E-state index contributed by atoms with van der Waals surface area (Å²) < 4.78 is 7.66. The molecule has 4 heterocycles. The van der Waals surface area contributed by atoms with Gasteiger partial charge in [-0.1, -0.05) is 72.8 Å². The molecule has 1 radical (unpaired) electrons. The van der Waals surface area contributed by atoms with Crippen molar-refractivity contribution in [3.05, 3.63) is 169 Å². The Hall–Kier alpha value is -7.17.